The van der Waals surface area contributed by atoms with E-state index in [9.17, 15) is 4.79 Å². The number of carboxylic acids is 1. The molecule has 0 saturated heterocycles. The standard InChI is InChI=1S/C15H17N3O2S/c1-15(7-8-15)10-18-13(11-5-3-2-4-6-11)16-17-14(18)21-9-12(19)20/h2-6H,7-10H2,1H3,(H,19,20). The molecule has 1 aliphatic rings. The van der Waals surface area contributed by atoms with Crippen molar-refractivity contribution in [2.45, 2.75) is 31.5 Å². The van der Waals surface area contributed by atoms with E-state index in [-0.39, 0.29) is 5.75 Å². The summed E-state index contributed by atoms with van der Waals surface area (Å²) < 4.78 is 2.07. The molecule has 1 N–H and O–H groups in total. The van der Waals surface area contributed by atoms with Gasteiger partial charge in [0.15, 0.2) is 11.0 Å². The lowest BCUT2D eigenvalue weighted by molar-refractivity contribution is -0.133. The number of thioether (sulfide) groups is 1. The number of hydrogen-bond donors (Lipinski definition) is 1. The fourth-order valence-corrected chi connectivity index (χ4v) is 2.88. The number of carboxylic acid groups (broad SMARTS) is 1. The number of benzene rings is 1. The Balaban J connectivity index is 1.93. The number of rotatable bonds is 6. The highest BCUT2D eigenvalue weighted by atomic mass is 32.2. The van der Waals surface area contributed by atoms with Crippen LogP contribution in [-0.2, 0) is 11.3 Å². The van der Waals surface area contributed by atoms with Crippen molar-refractivity contribution in [1.29, 1.82) is 0 Å². The summed E-state index contributed by atoms with van der Waals surface area (Å²) in [5.74, 6) is -0.0195. The lowest BCUT2D eigenvalue weighted by atomic mass is 10.1. The van der Waals surface area contributed by atoms with Crippen molar-refractivity contribution < 1.29 is 9.90 Å². The van der Waals surface area contributed by atoms with E-state index in [1.54, 1.807) is 0 Å². The normalized spacial score (nSPS) is 15.9. The van der Waals surface area contributed by atoms with Gasteiger partial charge < -0.3 is 9.67 Å². The van der Waals surface area contributed by atoms with Crippen molar-refractivity contribution in [3.63, 3.8) is 0 Å². The van der Waals surface area contributed by atoms with Gasteiger partial charge in [0.2, 0.25) is 0 Å². The number of aromatic nitrogens is 3. The molecule has 1 aromatic carbocycles. The molecule has 1 heterocycles. The molecule has 5 nitrogen and oxygen atoms in total. The monoisotopic (exact) mass is 303 g/mol. The summed E-state index contributed by atoms with van der Waals surface area (Å²) in [4.78, 5) is 10.8. The molecule has 3 rings (SSSR count). The molecule has 110 valence electrons. The summed E-state index contributed by atoms with van der Waals surface area (Å²) in [6.45, 7) is 3.08. The maximum atomic E-state index is 10.8. The van der Waals surface area contributed by atoms with Crippen molar-refractivity contribution in [2.24, 2.45) is 5.41 Å². The highest BCUT2D eigenvalue weighted by Crippen LogP contribution is 2.47. The van der Waals surface area contributed by atoms with E-state index in [2.05, 4.69) is 21.7 Å². The summed E-state index contributed by atoms with van der Waals surface area (Å²) in [7, 11) is 0. The van der Waals surface area contributed by atoms with E-state index in [1.807, 2.05) is 30.3 Å². The molecule has 21 heavy (non-hydrogen) atoms. The maximum absolute atomic E-state index is 10.8. The molecular weight excluding hydrogens is 286 g/mol. The molecule has 0 unspecified atom stereocenters. The fraction of sp³-hybridized carbons (Fsp3) is 0.400. The second-order valence-corrected chi connectivity index (χ2v) is 6.69. The topological polar surface area (TPSA) is 68.0 Å². The Morgan fingerprint density at radius 2 is 2.05 bits per heavy atom. The van der Waals surface area contributed by atoms with Gasteiger partial charge >= 0.3 is 5.97 Å². The van der Waals surface area contributed by atoms with E-state index >= 15 is 0 Å². The molecule has 1 aromatic heterocycles. The van der Waals surface area contributed by atoms with Crippen molar-refractivity contribution in [3.8, 4) is 11.4 Å². The van der Waals surface area contributed by atoms with E-state index in [0.717, 1.165) is 17.9 Å². The molecule has 0 radical (unpaired) electrons. The van der Waals surface area contributed by atoms with Crippen molar-refractivity contribution in [2.75, 3.05) is 5.75 Å². The minimum absolute atomic E-state index is 0.00361. The van der Waals surface area contributed by atoms with Crippen LogP contribution in [0.15, 0.2) is 35.5 Å². The maximum Gasteiger partial charge on any atom is 0.313 e. The van der Waals surface area contributed by atoms with Crippen LogP contribution < -0.4 is 0 Å². The largest absolute Gasteiger partial charge is 0.481 e. The summed E-state index contributed by atoms with van der Waals surface area (Å²) >= 11 is 1.23. The SMILES string of the molecule is CC1(Cn2c(SCC(=O)O)nnc2-c2ccccc2)CC1. The molecule has 1 aliphatic carbocycles. The number of aliphatic carboxylic acids is 1. The summed E-state index contributed by atoms with van der Waals surface area (Å²) in [5, 5.41) is 18.0. The highest BCUT2D eigenvalue weighted by molar-refractivity contribution is 7.99. The molecule has 6 heteroatoms. The molecule has 0 amide bonds. The first kappa shape index (κ1) is 14.1. The quantitative estimate of drug-likeness (QED) is 0.831. The summed E-state index contributed by atoms with van der Waals surface area (Å²) in [6, 6.07) is 9.91. The van der Waals surface area contributed by atoms with Gasteiger partial charge in [-0.15, -0.1) is 10.2 Å². The Kier molecular flexibility index (Phi) is 3.71. The molecule has 0 atom stereocenters. The number of carbonyl (C=O) groups is 1. The smallest absolute Gasteiger partial charge is 0.313 e. The van der Waals surface area contributed by atoms with Crippen molar-refractivity contribution >= 4 is 17.7 Å². The predicted molar refractivity (Wildman–Crippen MR) is 81.2 cm³/mol. The predicted octanol–water partition coefficient (Wildman–Crippen LogP) is 2.92. The van der Waals surface area contributed by atoms with Crippen LogP contribution >= 0.6 is 11.8 Å². The molecule has 0 bridgehead atoms. The van der Waals surface area contributed by atoms with E-state index in [4.69, 9.17) is 5.11 Å². The first-order chi connectivity index (χ1) is 10.1. The van der Waals surface area contributed by atoms with Gasteiger partial charge in [0.25, 0.3) is 0 Å². The number of hydrogen-bond acceptors (Lipinski definition) is 4. The average Bonchev–Trinajstić information content (AvgIpc) is 3.07. The zero-order valence-electron chi connectivity index (χ0n) is 11.8. The zero-order chi connectivity index (χ0) is 14.9. The fourth-order valence-electron chi connectivity index (χ4n) is 2.22. The van der Waals surface area contributed by atoms with E-state index < -0.39 is 5.97 Å². The second kappa shape index (κ2) is 5.52. The summed E-state index contributed by atoms with van der Waals surface area (Å²) in [5.41, 5.74) is 1.31. The van der Waals surface area contributed by atoms with Gasteiger partial charge in [0, 0.05) is 12.1 Å². The highest BCUT2D eigenvalue weighted by Gasteiger charge is 2.39. The lowest BCUT2D eigenvalue weighted by Gasteiger charge is -2.14. The van der Waals surface area contributed by atoms with Crippen LogP contribution in [0.3, 0.4) is 0 Å². The van der Waals surface area contributed by atoms with Crippen LogP contribution in [-0.4, -0.2) is 31.6 Å². The first-order valence-electron chi connectivity index (χ1n) is 6.91. The van der Waals surface area contributed by atoms with Gasteiger partial charge in [-0.05, 0) is 18.3 Å². The Morgan fingerprint density at radius 3 is 2.67 bits per heavy atom. The van der Waals surface area contributed by atoms with Gasteiger partial charge in [-0.2, -0.15) is 0 Å². The Morgan fingerprint density at radius 1 is 1.33 bits per heavy atom. The molecular formula is C15H17N3O2S. The second-order valence-electron chi connectivity index (χ2n) is 5.75. The van der Waals surface area contributed by atoms with Crippen LogP contribution in [0.2, 0.25) is 0 Å². The minimum Gasteiger partial charge on any atom is -0.481 e. The summed E-state index contributed by atoms with van der Waals surface area (Å²) in [6.07, 6.45) is 2.39. The van der Waals surface area contributed by atoms with E-state index in [0.29, 0.717) is 10.6 Å². The average molecular weight is 303 g/mol. The van der Waals surface area contributed by atoms with Crippen LogP contribution in [0.1, 0.15) is 19.8 Å². The first-order valence-corrected chi connectivity index (χ1v) is 7.89. The Bertz CT molecular complexity index is 650. The van der Waals surface area contributed by atoms with Gasteiger partial charge in [-0.25, -0.2) is 0 Å². The zero-order valence-corrected chi connectivity index (χ0v) is 12.6. The van der Waals surface area contributed by atoms with Gasteiger partial charge in [-0.3, -0.25) is 4.79 Å². The Labute approximate surface area is 127 Å². The molecule has 1 saturated carbocycles. The van der Waals surface area contributed by atoms with Crippen LogP contribution in [0.25, 0.3) is 11.4 Å². The van der Waals surface area contributed by atoms with Gasteiger partial charge in [0.1, 0.15) is 0 Å². The van der Waals surface area contributed by atoms with Gasteiger partial charge in [0.05, 0.1) is 5.75 Å². The third-order valence-corrected chi connectivity index (χ3v) is 4.67. The van der Waals surface area contributed by atoms with Crippen LogP contribution in [0.4, 0.5) is 0 Å². The van der Waals surface area contributed by atoms with Crippen LogP contribution in [0.5, 0.6) is 0 Å². The van der Waals surface area contributed by atoms with Crippen molar-refractivity contribution in [3.05, 3.63) is 30.3 Å². The van der Waals surface area contributed by atoms with Gasteiger partial charge in [-0.1, -0.05) is 49.0 Å². The molecule has 0 spiro atoms. The third-order valence-electron chi connectivity index (χ3n) is 3.72. The lowest BCUT2D eigenvalue weighted by Crippen LogP contribution is -2.11. The third kappa shape index (κ3) is 3.26. The van der Waals surface area contributed by atoms with Crippen LogP contribution in [0, 0.1) is 5.41 Å². The minimum atomic E-state index is -0.839. The number of nitrogens with zero attached hydrogens (tertiary/aromatic N) is 3. The molecule has 0 aliphatic heterocycles. The Hall–Kier alpha value is -1.82. The molecule has 1 fully saturated rings. The van der Waals surface area contributed by atoms with Crippen molar-refractivity contribution in [1.82, 2.24) is 14.8 Å². The van der Waals surface area contributed by atoms with E-state index in [1.165, 1.54) is 24.6 Å². The molecule has 2 aromatic rings.